The fraction of sp³-hybridized carbons (Fsp3) is 0.417. The van der Waals surface area contributed by atoms with E-state index in [2.05, 4.69) is 23.0 Å². The van der Waals surface area contributed by atoms with Gasteiger partial charge in [0, 0.05) is 6.42 Å². The Bertz CT molecular complexity index is 347. The van der Waals surface area contributed by atoms with Crippen molar-refractivity contribution in [2.75, 3.05) is 6.54 Å². The zero-order valence-electron chi connectivity index (χ0n) is 7.71. The zero-order valence-corrected chi connectivity index (χ0v) is 7.71. The van der Waals surface area contributed by atoms with Crippen LogP contribution in [0.4, 0.5) is 0 Å². The van der Waals surface area contributed by atoms with E-state index in [0.29, 0.717) is 6.54 Å². The van der Waals surface area contributed by atoms with Crippen molar-refractivity contribution >= 4 is 0 Å². The molecule has 1 aliphatic rings. The topological polar surface area (TPSA) is 4.36 Å². The van der Waals surface area contributed by atoms with Crippen LogP contribution in [0.25, 0.3) is 4.85 Å². The van der Waals surface area contributed by atoms with Crippen molar-refractivity contribution in [1.29, 1.82) is 0 Å². The molecule has 0 N–H and O–H groups in total. The van der Waals surface area contributed by atoms with Gasteiger partial charge < -0.3 is 4.85 Å². The van der Waals surface area contributed by atoms with Gasteiger partial charge in [-0.2, -0.15) is 0 Å². The van der Waals surface area contributed by atoms with E-state index in [1.165, 1.54) is 36.0 Å². The third-order valence-corrected chi connectivity index (χ3v) is 2.68. The molecule has 13 heavy (non-hydrogen) atoms. The third kappa shape index (κ3) is 1.72. The Balaban J connectivity index is 2.17. The molecular weight excluding hydrogens is 158 g/mol. The van der Waals surface area contributed by atoms with E-state index >= 15 is 0 Å². The number of rotatable bonds is 2. The highest BCUT2D eigenvalue weighted by Crippen LogP contribution is 2.22. The molecule has 0 heterocycles. The molecule has 0 unspecified atom stereocenters. The molecule has 0 bridgehead atoms. The highest BCUT2D eigenvalue weighted by atomic mass is 14.6. The van der Waals surface area contributed by atoms with Crippen LogP contribution in [0, 0.1) is 6.57 Å². The molecule has 0 spiro atoms. The van der Waals surface area contributed by atoms with Crippen molar-refractivity contribution in [3.8, 4) is 0 Å². The quantitative estimate of drug-likeness (QED) is 0.602. The number of benzene rings is 1. The van der Waals surface area contributed by atoms with E-state index in [-0.39, 0.29) is 0 Å². The van der Waals surface area contributed by atoms with Crippen LogP contribution in [-0.4, -0.2) is 6.54 Å². The normalized spacial score (nSPS) is 13.8. The summed E-state index contributed by atoms with van der Waals surface area (Å²) in [7, 11) is 0. The second-order valence-electron chi connectivity index (χ2n) is 3.59. The molecule has 0 aliphatic heterocycles. The third-order valence-electron chi connectivity index (χ3n) is 2.68. The summed E-state index contributed by atoms with van der Waals surface area (Å²) in [5.41, 5.74) is 4.37. The molecule has 1 heteroatoms. The maximum Gasteiger partial charge on any atom is 0.218 e. The first kappa shape index (κ1) is 8.31. The molecule has 1 aliphatic carbocycles. The van der Waals surface area contributed by atoms with Gasteiger partial charge in [-0.1, -0.05) is 18.2 Å². The minimum Gasteiger partial charge on any atom is -0.317 e. The monoisotopic (exact) mass is 171 g/mol. The second-order valence-corrected chi connectivity index (χ2v) is 3.59. The predicted molar refractivity (Wildman–Crippen MR) is 53.6 cm³/mol. The maximum atomic E-state index is 6.73. The Morgan fingerprint density at radius 1 is 1.23 bits per heavy atom. The first-order valence-electron chi connectivity index (χ1n) is 4.84. The highest BCUT2D eigenvalue weighted by molar-refractivity contribution is 5.35. The lowest BCUT2D eigenvalue weighted by molar-refractivity contribution is 0.911. The second kappa shape index (κ2) is 3.62. The number of aryl methyl sites for hydroxylation is 2. The van der Waals surface area contributed by atoms with Crippen LogP contribution in [0.1, 0.15) is 23.1 Å². The smallest absolute Gasteiger partial charge is 0.218 e. The lowest BCUT2D eigenvalue weighted by atomic mass is 10.0. The van der Waals surface area contributed by atoms with Gasteiger partial charge in [-0.15, -0.1) is 0 Å². The fourth-order valence-corrected chi connectivity index (χ4v) is 1.97. The van der Waals surface area contributed by atoms with Gasteiger partial charge in [-0.3, -0.25) is 0 Å². The predicted octanol–water partition coefficient (Wildman–Crippen LogP) is 2.64. The summed E-state index contributed by atoms with van der Waals surface area (Å²) in [6, 6.07) is 6.70. The Hall–Kier alpha value is -1.29. The molecule has 0 atom stereocenters. The van der Waals surface area contributed by atoms with Crippen molar-refractivity contribution < 1.29 is 0 Å². The molecule has 1 nitrogen and oxygen atoms in total. The minimum atomic E-state index is 0.624. The SMILES string of the molecule is [C-]#[N+]CCc1ccc2c(c1)CCC2. The summed E-state index contributed by atoms with van der Waals surface area (Å²) < 4.78 is 0. The standard InChI is InChI=1S/C12H13N/c1-13-8-7-10-5-6-11-3-2-4-12(11)9-10/h5-6,9H,2-4,7-8H2. The molecule has 0 aromatic heterocycles. The molecule has 0 radical (unpaired) electrons. The summed E-state index contributed by atoms with van der Waals surface area (Å²) in [5.74, 6) is 0. The molecule has 2 rings (SSSR count). The maximum absolute atomic E-state index is 6.73. The summed E-state index contributed by atoms with van der Waals surface area (Å²) in [4.78, 5) is 3.37. The molecule has 1 aromatic carbocycles. The Labute approximate surface area is 79.2 Å². The Kier molecular flexibility index (Phi) is 2.31. The van der Waals surface area contributed by atoms with Gasteiger partial charge in [-0.05, 0) is 36.0 Å². The van der Waals surface area contributed by atoms with E-state index in [1.807, 2.05) is 0 Å². The fourth-order valence-electron chi connectivity index (χ4n) is 1.97. The Morgan fingerprint density at radius 2 is 2.08 bits per heavy atom. The van der Waals surface area contributed by atoms with Gasteiger partial charge >= 0.3 is 0 Å². The van der Waals surface area contributed by atoms with E-state index in [1.54, 1.807) is 0 Å². The van der Waals surface area contributed by atoms with Gasteiger partial charge in [0.05, 0.1) is 0 Å². The zero-order chi connectivity index (χ0) is 9.10. The van der Waals surface area contributed by atoms with Crippen molar-refractivity contribution in [2.45, 2.75) is 25.7 Å². The molecule has 0 saturated heterocycles. The highest BCUT2D eigenvalue weighted by Gasteiger charge is 2.10. The van der Waals surface area contributed by atoms with E-state index in [0.717, 1.165) is 6.42 Å². The van der Waals surface area contributed by atoms with Crippen LogP contribution in [0.2, 0.25) is 0 Å². The van der Waals surface area contributed by atoms with Crippen molar-refractivity contribution in [2.24, 2.45) is 0 Å². The lowest BCUT2D eigenvalue weighted by Crippen LogP contribution is -1.90. The van der Waals surface area contributed by atoms with Gasteiger partial charge in [-0.25, -0.2) is 6.57 Å². The van der Waals surface area contributed by atoms with Crippen LogP contribution >= 0.6 is 0 Å². The summed E-state index contributed by atoms with van der Waals surface area (Å²) >= 11 is 0. The summed E-state index contributed by atoms with van der Waals surface area (Å²) in [6.07, 6.45) is 4.71. The molecular formula is C12H13N. The van der Waals surface area contributed by atoms with Crippen LogP contribution < -0.4 is 0 Å². The molecule has 0 fully saturated rings. The van der Waals surface area contributed by atoms with E-state index in [9.17, 15) is 0 Å². The summed E-state index contributed by atoms with van der Waals surface area (Å²) in [5, 5.41) is 0. The average Bonchev–Trinajstić information content (AvgIpc) is 2.61. The largest absolute Gasteiger partial charge is 0.317 e. The van der Waals surface area contributed by atoms with Gasteiger partial charge in [0.2, 0.25) is 6.54 Å². The van der Waals surface area contributed by atoms with Crippen molar-refractivity contribution in [3.63, 3.8) is 0 Å². The van der Waals surface area contributed by atoms with Gasteiger partial charge in [0.15, 0.2) is 0 Å². The number of fused-ring (bicyclic) bond motifs is 1. The minimum absolute atomic E-state index is 0.624. The molecule has 0 saturated carbocycles. The van der Waals surface area contributed by atoms with Crippen LogP contribution in [0.3, 0.4) is 0 Å². The Morgan fingerprint density at radius 3 is 2.92 bits per heavy atom. The lowest BCUT2D eigenvalue weighted by Gasteiger charge is -2.01. The van der Waals surface area contributed by atoms with E-state index < -0.39 is 0 Å². The number of nitrogens with zero attached hydrogens (tertiary/aromatic N) is 1. The van der Waals surface area contributed by atoms with Crippen LogP contribution in [-0.2, 0) is 19.3 Å². The average molecular weight is 171 g/mol. The first-order chi connectivity index (χ1) is 6.40. The molecule has 1 aromatic rings. The van der Waals surface area contributed by atoms with Crippen molar-refractivity contribution in [1.82, 2.24) is 0 Å². The molecule has 66 valence electrons. The van der Waals surface area contributed by atoms with Gasteiger partial charge in [0.1, 0.15) is 0 Å². The van der Waals surface area contributed by atoms with Crippen LogP contribution in [0.5, 0.6) is 0 Å². The first-order valence-corrected chi connectivity index (χ1v) is 4.84. The number of hydrogen-bond donors (Lipinski definition) is 0. The van der Waals surface area contributed by atoms with Gasteiger partial charge in [0.25, 0.3) is 0 Å². The van der Waals surface area contributed by atoms with Crippen molar-refractivity contribution in [3.05, 3.63) is 46.3 Å². The number of hydrogen-bond acceptors (Lipinski definition) is 0. The molecule has 0 amide bonds. The summed E-state index contributed by atoms with van der Waals surface area (Å²) in [6.45, 7) is 7.35. The van der Waals surface area contributed by atoms with Crippen LogP contribution in [0.15, 0.2) is 18.2 Å². The van der Waals surface area contributed by atoms with E-state index in [4.69, 9.17) is 6.57 Å².